The molecule has 0 bridgehead atoms. The maximum Gasteiger partial charge on any atom is 0.354 e. The molecule has 0 aliphatic carbocycles. The normalized spacial score (nSPS) is 9.92. The quantitative estimate of drug-likeness (QED) is 0.285. The summed E-state index contributed by atoms with van der Waals surface area (Å²) in [5, 5.41) is 0. The number of allylic oxidation sites excluding steroid dienone is 1. The summed E-state index contributed by atoms with van der Waals surface area (Å²) in [4.78, 5) is 25.8. The molecule has 0 saturated heterocycles. The lowest BCUT2D eigenvalue weighted by molar-refractivity contribution is -0.144. The van der Waals surface area contributed by atoms with Gasteiger partial charge in [0.2, 0.25) is 5.91 Å². The van der Waals surface area contributed by atoms with Gasteiger partial charge in [0.15, 0.2) is 0 Å². The van der Waals surface area contributed by atoms with Gasteiger partial charge in [-0.3, -0.25) is 4.79 Å². The summed E-state index contributed by atoms with van der Waals surface area (Å²) >= 11 is 0. The lowest BCUT2D eigenvalue weighted by Crippen LogP contribution is -2.33. The van der Waals surface area contributed by atoms with Crippen LogP contribution in [0.25, 0.3) is 0 Å². The number of hydrogen-bond donors (Lipinski definition) is 0. The van der Waals surface area contributed by atoms with Gasteiger partial charge in [0.05, 0.1) is 20.3 Å². The van der Waals surface area contributed by atoms with Crippen LogP contribution in [0.1, 0.15) is 31.7 Å². The number of unbranched alkanes of at least 4 members (excludes halogenated alkanes) is 1. The van der Waals surface area contributed by atoms with Gasteiger partial charge in [0, 0.05) is 6.42 Å². The van der Waals surface area contributed by atoms with Gasteiger partial charge < -0.3 is 14.4 Å². The van der Waals surface area contributed by atoms with Crippen molar-refractivity contribution in [2.45, 2.75) is 32.7 Å². The third kappa shape index (κ3) is 5.91. The number of rotatable bonds is 10. The van der Waals surface area contributed by atoms with Gasteiger partial charge in [-0.1, -0.05) is 24.8 Å². The molecule has 24 heavy (non-hydrogen) atoms. The van der Waals surface area contributed by atoms with Gasteiger partial charge in [0.25, 0.3) is 0 Å². The molecule has 0 N–H and O–H groups in total. The van der Waals surface area contributed by atoms with Crippen LogP contribution in [0.2, 0.25) is 0 Å². The second-order valence-corrected chi connectivity index (χ2v) is 5.18. The summed E-state index contributed by atoms with van der Waals surface area (Å²) in [6.45, 7) is 9.59. The van der Waals surface area contributed by atoms with E-state index in [4.69, 9.17) is 9.47 Å². The van der Waals surface area contributed by atoms with Crippen molar-refractivity contribution in [3.63, 3.8) is 0 Å². The largest absolute Gasteiger partial charge is 0.497 e. The van der Waals surface area contributed by atoms with Crippen molar-refractivity contribution in [3.05, 3.63) is 54.8 Å². The SMILES string of the molecule is C=CCCCC(=O)N(Cc1ccc(OC)cc1)C(=C)C(=O)OCC. The molecule has 0 spiro atoms. The molecule has 1 aromatic carbocycles. The summed E-state index contributed by atoms with van der Waals surface area (Å²) in [6, 6.07) is 7.31. The highest BCUT2D eigenvalue weighted by atomic mass is 16.5. The number of hydrogen-bond acceptors (Lipinski definition) is 4. The summed E-state index contributed by atoms with van der Waals surface area (Å²) in [5.41, 5.74) is 0.926. The van der Waals surface area contributed by atoms with Crippen molar-refractivity contribution in [2.75, 3.05) is 13.7 Å². The van der Waals surface area contributed by atoms with Gasteiger partial charge in [-0.2, -0.15) is 0 Å². The van der Waals surface area contributed by atoms with Crippen LogP contribution in [-0.2, 0) is 20.9 Å². The van der Waals surface area contributed by atoms with E-state index in [1.54, 1.807) is 20.1 Å². The first-order valence-electron chi connectivity index (χ1n) is 7.93. The number of esters is 1. The third-order valence-electron chi connectivity index (χ3n) is 3.44. The van der Waals surface area contributed by atoms with Gasteiger partial charge >= 0.3 is 5.97 Å². The molecular formula is C19H25NO4. The fraction of sp³-hybridized carbons (Fsp3) is 0.368. The molecule has 0 heterocycles. The molecule has 5 nitrogen and oxygen atoms in total. The Bertz CT molecular complexity index is 578. The second kappa shape index (κ2) is 10.3. The number of carbonyl (C=O) groups excluding carboxylic acids is 2. The zero-order chi connectivity index (χ0) is 17.9. The highest BCUT2D eigenvalue weighted by Gasteiger charge is 2.22. The smallest absolute Gasteiger partial charge is 0.354 e. The molecule has 130 valence electrons. The molecule has 0 radical (unpaired) electrons. The molecule has 0 saturated carbocycles. The lowest BCUT2D eigenvalue weighted by Gasteiger charge is -2.23. The van der Waals surface area contributed by atoms with E-state index in [-0.39, 0.29) is 24.8 Å². The van der Waals surface area contributed by atoms with Crippen molar-refractivity contribution < 1.29 is 19.1 Å². The Morgan fingerprint density at radius 3 is 2.46 bits per heavy atom. The number of carbonyl (C=O) groups is 2. The van der Waals surface area contributed by atoms with E-state index in [0.29, 0.717) is 12.8 Å². The van der Waals surface area contributed by atoms with Gasteiger partial charge in [-0.25, -0.2) is 4.79 Å². The summed E-state index contributed by atoms with van der Waals surface area (Å²) in [7, 11) is 1.59. The molecule has 0 aliphatic heterocycles. The second-order valence-electron chi connectivity index (χ2n) is 5.18. The van der Waals surface area contributed by atoms with Crippen molar-refractivity contribution in [1.29, 1.82) is 0 Å². The first-order chi connectivity index (χ1) is 11.5. The van der Waals surface area contributed by atoms with E-state index < -0.39 is 5.97 Å². The van der Waals surface area contributed by atoms with Crippen LogP contribution in [0.3, 0.4) is 0 Å². The maximum absolute atomic E-state index is 12.5. The average Bonchev–Trinajstić information content (AvgIpc) is 2.60. The fourth-order valence-electron chi connectivity index (χ4n) is 2.10. The van der Waals surface area contributed by atoms with Crippen LogP contribution in [0.5, 0.6) is 5.75 Å². The number of amides is 1. The Hall–Kier alpha value is -2.56. The van der Waals surface area contributed by atoms with Gasteiger partial charge in [0.1, 0.15) is 11.4 Å². The van der Waals surface area contributed by atoms with Crippen LogP contribution < -0.4 is 4.74 Å². The molecular weight excluding hydrogens is 306 g/mol. The van der Waals surface area contributed by atoms with Crippen LogP contribution in [0.4, 0.5) is 0 Å². The molecule has 0 atom stereocenters. The van der Waals surface area contributed by atoms with Crippen molar-refractivity contribution >= 4 is 11.9 Å². The molecule has 1 amide bonds. The predicted octanol–water partition coefficient (Wildman–Crippen LogP) is 3.46. The molecule has 5 heteroatoms. The number of nitrogens with zero attached hydrogens (tertiary/aromatic N) is 1. The van der Waals surface area contributed by atoms with Gasteiger partial charge in [-0.15, -0.1) is 6.58 Å². The average molecular weight is 331 g/mol. The summed E-state index contributed by atoms with van der Waals surface area (Å²) < 4.78 is 10.1. The van der Waals surface area contributed by atoms with Crippen LogP contribution in [-0.4, -0.2) is 30.5 Å². The Kier molecular flexibility index (Phi) is 8.33. The van der Waals surface area contributed by atoms with Crippen molar-refractivity contribution in [3.8, 4) is 5.75 Å². The Morgan fingerprint density at radius 1 is 1.25 bits per heavy atom. The van der Waals surface area contributed by atoms with Crippen molar-refractivity contribution in [2.24, 2.45) is 0 Å². The van der Waals surface area contributed by atoms with E-state index in [0.717, 1.165) is 17.7 Å². The standard InChI is InChI=1S/C19H25NO4/c1-5-7-8-9-18(21)20(15(3)19(22)24-6-2)14-16-10-12-17(23-4)13-11-16/h5,10-13H,1,3,6-9,14H2,2,4H3. The minimum Gasteiger partial charge on any atom is -0.497 e. The fourth-order valence-corrected chi connectivity index (χ4v) is 2.10. The van der Waals surface area contributed by atoms with E-state index in [9.17, 15) is 9.59 Å². The number of ether oxygens (including phenoxy) is 2. The summed E-state index contributed by atoms with van der Waals surface area (Å²) in [6.07, 6.45) is 3.51. The topological polar surface area (TPSA) is 55.8 Å². The molecule has 0 aromatic heterocycles. The predicted molar refractivity (Wildman–Crippen MR) is 93.4 cm³/mol. The van der Waals surface area contributed by atoms with Crippen LogP contribution in [0.15, 0.2) is 49.2 Å². The monoisotopic (exact) mass is 331 g/mol. The van der Waals surface area contributed by atoms with Crippen LogP contribution in [0, 0.1) is 0 Å². The summed E-state index contributed by atoms with van der Waals surface area (Å²) in [5.74, 6) is -0.0133. The highest BCUT2D eigenvalue weighted by molar-refractivity contribution is 5.93. The minimum atomic E-state index is -0.580. The minimum absolute atomic E-state index is 0.0521. The molecule has 0 fully saturated rings. The lowest BCUT2D eigenvalue weighted by atomic mass is 10.1. The maximum atomic E-state index is 12.5. The van der Waals surface area contributed by atoms with E-state index in [1.807, 2.05) is 24.3 Å². The Morgan fingerprint density at radius 2 is 1.92 bits per heavy atom. The molecule has 0 aliphatic rings. The third-order valence-corrected chi connectivity index (χ3v) is 3.44. The zero-order valence-corrected chi connectivity index (χ0v) is 14.4. The highest BCUT2D eigenvalue weighted by Crippen LogP contribution is 2.17. The number of methoxy groups -OCH3 is 1. The van der Waals surface area contributed by atoms with E-state index in [1.165, 1.54) is 4.90 Å². The molecule has 0 unspecified atom stereocenters. The number of benzene rings is 1. The zero-order valence-electron chi connectivity index (χ0n) is 14.4. The van der Waals surface area contributed by atoms with Gasteiger partial charge in [-0.05, 0) is 37.5 Å². The molecule has 1 rings (SSSR count). The first kappa shape index (κ1) is 19.5. The Balaban J connectivity index is 2.89. The van der Waals surface area contributed by atoms with E-state index in [2.05, 4.69) is 13.2 Å². The molecule has 1 aromatic rings. The van der Waals surface area contributed by atoms with E-state index >= 15 is 0 Å². The van der Waals surface area contributed by atoms with Crippen molar-refractivity contribution in [1.82, 2.24) is 4.90 Å². The van der Waals surface area contributed by atoms with Crippen LogP contribution >= 0.6 is 0 Å². The first-order valence-corrected chi connectivity index (χ1v) is 7.93. The Labute approximate surface area is 143 Å².